The molecule has 1 rings (SSSR count). The summed E-state index contributed by atoms with van der Waals surface area (Å²) in [5.74, 6) is 0.341. The molecule has 1 heterocycles. The number of nitriles is 1. The van der Waals surface area contributed by atoms with Crippen molar-refractivity contribution >= 4 is 17.5 Å². The second kappa shape index (κ2) is 7.23. The van der Waals surface area contributed by atoms with Crippen LogP contribution in [0.2, 0.25) is 0 Å². The molecule has 0 aliphatic carbocycles. The Labute approximate surface area is 117 Å². The molecule has 108 valence electrons. The molecule has 1 atom stereocenters. The summed E-state index contributed by atoms with van der Waals surface area (Å²) < 4.78 is 0. The molecule has 0 aliphatic heterocycles. The molecule has 0 aromatic carbocycles. The standard InChI is InChI=1S/C12H18N6O2/c1-4-14-12-15-7-10(18(19)20)11(16-12)17(5-2)8-9(3)6-13/h7,9H,4-5,8H2,1-3H3,(H,14,15,16). The van der Waals surface area contributed by atoms with Crippen molar-refractivity contribution < 1.29 is 4.92 Å². The highest BCUT2D eigenvalue weighted by molar-refractivity contribution is 5.59. The Morgan fingerprint density at radius 3 is 2.80 bits per heavy atom. The van der Waals surface area contributed by atoms with Gasteiger partial charge in [0.2, 0.25) is 11.8 Å². The Kier molecular flexibility index (Phi) is 5.65. The first-order valence-electron chi connectivity index (χ1n) is 6.43. The van der Waals surface area contributed by atoms with Gasteiger partial charge in [-0.3, -0.25) is 10.1 Å². The van der Waals surface area contributed by atoms with Crippen LogP contribution in [0.3, 0.4) is 0 Å². The van der Waals surface area contributed by atoms with Crippen LogP contribution in [0.25, 0.3) is 0 Å². The summed E-state index contributed by atoms with van der Waals surface area (Å²) in [6.07, 6.45) is 1.19. The van der Waals surface area contributed by atoms with Gasteiger partial charge >= 0.3 is 5.69 Å². The number of anilines is 2. The maximum absolute atomic E-state index is 11.1. The first-order valence-corrected chi connectivity index (χ1v) is 6.43. The molecule has 20 heavy (non-hydrogen) atoms. The second-order valence-corrected chi connectivity index (χ2v) is 4.26. The van der Waals surface area contributed by atoms with Gasteiger partial charge in [-0.2, -0.15) is 10.2 Å². The molecule has 8 nitrogen and oxygen atoms in total. The van der Waals surface area contributed by atoms with Crippen molar-refractivity contribution in [3.05, 3.63) is 16.3 Å². The zero-order valence-electron chi connectivity index (χ0n) is 11.8. The molecule has 1 aromatic heterocycles. The largest absolute Gasteiger partial charge is 0.354 e. The van der Waals surface area contributed by atoms with Crippen molar-refractivity contribution in [1.82, 2.24) is 9.97 Å². The second-order valence-electron chi connectivity index (χ2n) is 4.26. The van der Waals surface area contributed by atoms with Crippen LogP contribution in [0.4, 0.5) is 17.5 Å². The minimum absolute atomic E-state index is 0.154. The van der Waals surface area contributed by atoms with Crippen LogP contribution in [0.15, 0.2) is 6.20 Å². The van der Waals surface area contributed by atoms with E-state index in [1.807, 2.05) is 13.8 Å². The Bertz CT molecular complexity index is 513. The van der Waals surface area contributed by atoms with Gasteiger partial charge < -0.3 is 10.2 Å². The number of nitro groups is 1. The van der Waals surface area contributed by atoms with Crippen LogP contribution in [0.5, 0.6) is 0 Å². The number of hydrogen-bond donors (Lipinski definition) is 1. The summed E-state index contributed by atoms with van der Waals surface area (Å²) in [5, 5.41) is 22.9. The van der Waals surface area contributed by atoms with Gasteiger partial charge in [0.25, 0.3) is 0 Å². The Morgan fingerprint density at radius 1 is 1.60 bits per heavy atom. The van der Waals surface area contributed by atoms with Crippen LogP contribution in [-0.4, -0.2) is 34.5 Å². The van der Waals surface area contributed by atoms with Crippen LogP contribution >= 0.6 is 0 Å². The van der Waals surface area contributed by atoms with Gasteiger partial charge in [-0.1, -0.05) is 0 Å². The fourth-order valence-electron chi connectivity index (χ4n) is 1.71. The van der Waals surface area contributed by atoms with E-state index in [-0.39, 0.29) is 17.4 Å². The average Bonchev–Trinajstić information content (AvgIpc) is 2.44. The molecule has 1 N–H and O–H groups in total. The van der Waals surface area contributed by atoms with E-state index >= 15 is 0 Å². The van der Waals surface area contributed by atoms with Crippen molar-refractivity contribution in [3.8, 4) is 6.07 Å². The number of rotatable bonds is 7. The van der Waals surface area contributed by atoms with Crippen molar-refractivity contribution in [2.45, 2.75) is 20.8 Å². The van der Waals surface area contributed by atoms with E-state index in [0.29, 0.717) is 25.6 Å². The quantitative estimate of drug-likeness (QED) is 0.598. The predicted octanol–water partition coefficient (Wildman–Crippen LogP) is 1.80. The van der Waals surface area contributed by atoms with E-state index in [1.54, 1.807) is 11.8 Å². The number of nitrogens with one attached hydrogen (secondary N) is 1. The fraction of sp³-hybridized carbons (Fsp3) is 0.583. The Morgan fingerprint density at radius 2 is 2.30 bits per heavy atom. The smallest absolute Gasteiger partial charge is 0.329 e. The lowest BCUT2D eigenvalue weighted by atomic mass is 10.2. The maximum Gasteiger partial charge on any atom is 0.329 e. The zero-order valence-corrected chi connectivity index (χ0v) is 11.8. The van der Waals surface area contributed by atoms with Crippen molar-refractivity contribution in [3.63, 3.8) is 0 Å². The lowest BCUT2D eigenvalue weighted by Crippen LogP contribution is -2.29. The maximum atomic E-state index is 11.1. The molecule has 8 heteroatoms. The summed E-state index contributed by atoms with van der Waals surface area (Å²) in [4.78, 5) is 20.4. The number of hydrogen-bond acceptors (Lipinski definition) is 7. The third-order valence-corrected chi connectivity index (χ3v) is 2.68. The highest BCUT2D eigenvalue weighted by Crippen LogP contribution is 2.26. The molecular weight excluding hydrogens is 260 g/mol. The summed E-state index contributed by atoms with van der Waals surface area (Å²) >= 11 is 0. The van der Waals surface area contributed by atoms with Crippen molar-refractivity contribution in [1.29, 1.82) is 5.26 Å². The average molecular weight is 278 g/mol. The van der Waals surface area contributed by atoms with E-state index in [0.717, 1.165) is 0 Å². The summed E-state index contributed by atoms with van der Waals surface area (Å²) in [5.41, 5.74) is -0.154. The SMILES string of the molecule is CCNc1ncc([N+](=O)[O-])c(N(CC)CC(C)C#N)n1. The van der Waals surface area contributed by atoms with Crippen molar-refractivity contribution in [2.24, 2.45) is 5.92 Å². The minimum atomic E-state index is -0.509. The lowest BCUT2D eigenvalue weighted by Gasteiger charge is -2.22. The van der Waals surface area contributed by atoms with Crippen molar-refractivity contribution in [2.75, 3.05) is 29.9 Å². The number of nitrogens with zero attached hydrogens (tertiary/aromatic N) is 5. The molecule has 1 unspecified atom stereocenters. The summed E-state index contributed by atoms with van der Waals surface area (Å²) in [6.45, 7) is 7.05. The van der Waals surface area contributed by atoms with E-state index in [1.165, 1.54) is 6.20 Å². The summed E-state index contributed by atoms with van der Waals surface area (Å²) in [7, 11) is 0. The van der Waals surface area contributed by atoms with Crippen LogP contribution < -0.4 is 10.2 Å². The Hall–Kier alpha value is -2.43. The van der Waals surface area contributed by atoms with E-state index in [4.69, 9.17) is 5.26 Å². The Balaban J connectivity index is 3.18. The topological polar surface area (TPSA) is 108 Å². The van der Waals surface area contributed by atoms with E-state index < -0.39 is 4.92 Å². The van der Waals surface area contributed by atoms with Gasteiger partial charge in [0, 0.05) is 19.6 Å². The van der Waals surface area contributed by atoms with Crippen LogP contribution in [-0.2, 0) is 0 Å². The molecule has 0 bridgehead atoms. The number of aromatic nitrogens is 2. The molecule has 1 aromatic rings. The first-order chi connectivity index (χ1) is 9.53. The molecule has 0 amide bonds. The predicted molar refractivity (Wildman–Crippen MR) is 75.5 cm³/mol. The zero-order chi connectivity index (χ0) is 15.1. The molecule has 0 fully saturated rings. The molecule has 0 radical (unpaired) electrons. The lowest BCUT2D eigenvalue weighted by molar-refractivity contribution is -0.384. The van der Waals surface area contributed by atoms with Gasteiger partial charge in [-0.05, 0) is 20.8 Å². The summed E-state index contributed by atoms with van der Waals surface area (Å²) in [6, 6.07) is 2.12. The molecular formula is C12H18N6O2. The monoisotopic (exact) mass is 278 g/mol. The van der Waals surface area contributed by atoms with Gasteiger partial charge in [0.15, 0.2) is 0 Å². The van der Waals surface area contributed by atoms with Gasteiger partial charge in [0.05, 0.1) is 16.9 Å². The molecule has 0 saturated heterocycles. The third kappa shape index (κ3) is 3.78. The van der Waals surface area contributed by atoms with Gasteiger partial charge in [-0.15, -0.1) is 0 Å². The molecule has 0 aliphatic rings. The van der Waals surface area contributed by atoms with Crippen LogP contribution in [0, 0.1) is 27.4 Å². The normalized spacial score (nSPS) is 11.5. The fourth-order valence-corrected chi connectivity index (χ4v) is 1.71. The molecule has 0 spiro atoms. The van der Waals surface area contributed by atoms with Crippen LogP contribution in [0.1, 0.15) is 20.8 Å². The van der Waals surface area contributed by atoms with Gasteiger partial charge in [-0.25, -0.2) is 4.98 Å². The highest BCUT2D eigenvalue weighted by Gasteiger charge is 2.23. The molecule has 0 saturated carbocycles. The minimum Gasteiger partial charge on any atom is -0.354 e. The third-order valence-electron chi connectivity index (χ3n) is 2.68. The van der Waals surface area contributed by atoms with Gasteiger partial charge in [0.1, 0.15) is 6.20 Å². The van der Waals surface area contributed by atoms with E-state index in [9.17, 15) is 10.1 Å². The first kappa shape index (κ1) is 15.6. The van der Waals surface area contributed by atoms with E-state index in [2.05, 4.69) is 21.4 Å². The highest BCUT2D eigenvalue weighted by atomic mass is 16.6.